The van der Waals surface area contributed by atoms with E-state index in [2.05, 4.69) is 57.7 Å². The van der Waals surface area contributed by atoms with E-state index in [1.807, 2.05) is 14.0 Å². The number of nitrogens with one attached hydrogen (secondary N) is 5. The zero-order chi connectivity index (χ0) is 58.1. The monoisotopic (exact) mass is 1140 g/mol. The fraction of sp³-hybridized carbons (Fsp3) is 0.839. The number of carbonyl (C=O) groups excluding carboxylic acids is 1. The molecule has 0 aromatic carbocycles. The van der Waals surface area contributed by atoms with Gasteiger partial charge in [-0.3, -0.25) is 9.59 Å². The molecule has 10 aliphatic rings. The van der Waals surface area contributed by atoms with Crippen LogP contribution in [0.25, 0.3) is 0 Å². The van der Waals surface area contributed by atoms with Crippen LogP contribution in [0.4, 0.5) is 5.82 Å². The van der Waals surface area contributed by atoms with Crippen molar-refractivity contribution in [2.24, 2.45) is 96.9 Å². The number of anilines is 1. The molecule has 2 aromatic rings. The fourth-order valence-corrected chi connectivity index (χ4v) is 22.1. The summed E-state index contributed by atoms with van der Waals surface area (Å²) in [7, 11) is 1.83. The third kappa shape index (κ3) is 8.34. The molecule has 2 saturated heterocycles. The first kappa shape index (κ1) is 58.8. The Morgan fingerprint density at radius 2 is 1.67 bits per heavy atom. The van der Waals surface area contributed by atoms with Crippen LogP contribution in [-0.2, 0) is 25.5 Å². The number of fused-ring (bicyclic) bond motifs is 11. The zero-order valence-electron chi connectivity index (χ0n) is 48.9. The molecule has 3 aliphatic heterocycles. The number of aliphatic hydroxyl groups is 7. The Bertz CT molecular complexity index is 2680. The molecular formula is C62H96N8O12. The number of carbonyl (C=O) groups is 2. The largest absolute Gasteiger partial charge is 0.481 e. The number of hydrogen-bond acceptors (Lipinski definition) is 16. The lowest BCUT2D eigenvalue weighted by Crippen LogP contribution is -2.76. The Balaban J connectivity index is 1.08. The minimum absolute atomic E-state index is 0.0112. The second kappa shape index (κ2) is 21.4. The Hall–Kier alpha value is -3.54. The first-order chi connectivity index (χ1) is 39.1. The van der Waals surface area contributed by atoms with Gasteiger partial charge in [-0.15, -0.1) is 0 Å². The van der Waals surface area contributed by atoms with E-state index in [0.29, 0.717) is 83.7 Å². The summed E-state index contributed by atoms with van der Waals surface area (Å²) in [5, 5.41) is 105. The summed E-state index contributed by atoms with van der Waals surface area (Å²) in [4.78, 5) is 46.2. The Morgan fingerprint density at radius 1 is 0.915 bits per heavy atom. The molecule has 6 saturated carbocycles. The molecular weight excluding hydrogens is 1050 g/mol. The van der Waals surface area contributed by atoms with Crippen molar-refractivity contribution >= 4 is 17.7 Å². The smallest absolute Gasteiger partial charge is 0.310 e. The Morgan fingerprint density at radius 3 is 2.34 bits per heavy atom. The van der Waals surface area contributed by atoms with Crippen LogP contribution in [0.15, 0.2) is 30.5 Å². The molecule has 8 fully saturated rings. The summed E-state index contributed by atoms with van der Waals surface area (Å²) in [6.45, 7) is 9.19. The normalized spacial score (nSPS) is 46.2. The highest BCUT2D eigenvalue weighted by molar-refractivity contribution is 5.86. The van der Waals surface area contributed by atoms with Gasteiger partial charge < -0.3 is 82.0 Å². The molecule has 15 N–H and O–H groups in total. The molecule has 0 radical (unpaired) electrons. The summed E-state index contributed by atoms with van der Waals surface area (Å²) in [6.07, 6.45) is 9.60. The van der Waals surface area contributed by atoms with Crippen LogP contribution in [0.1, 0.15) is 148 Å². The van der Waals surface area contributed by atoms with E-state index in [9.17, 15) is 45.6 Å². The zero-order valence-corrected chi connectivity index (χ0v) is 48.9. The number of allylic oxidation sites excluding steroid dienone is 2. The van der Waals surface area contributed by atoms with Crippen LogP contribution in [0.3, 0.4) is 0 Å². The number of carboxylic acids is 1. The number of nitrogens with two attached hydrogens (primary N) is 1. The standard InChI is InChI=1S/C62H96N8O12/c1-56(28-71)18-19-61(55(79)80)39(23-56)35-12-13-45-58(3,59(35,4)36-22-41-52(69-31-68-41)66-25-40(36)61)17-14-44-57(2,29-72)50(82-53-49(76)48(75)43(73)27-81-53)47(74)38(62(44,45)33-10-6-7-11-33)21-37-46(70-54(78)60(37)15-8-9-16-60)34(42-26-65-30-67-42)20-32(24-64-5)51(63)77/h12,26,30-34,36-40,43-51,53,64,66,71-77H,6-11,13-25,27-29,63H2,1-5H3,(H,65,67)(H,68,69)(H,70,78)(H,79,80)/t32-,34-,36-,37+,38+,39-,40-,43+,44+,45-,46-,47+,48-,49+,50+,51-,53-,56-,57-,58+,59-,61+,62-/m0/s1. The number of aliphatic hydroxyl groups excluding tert-OH is 7. The van der Waals surface area contributed by atoms with Gasteiger partial charge in [0.1, 0.15) is 30.4 Å². The topological polar surface area (TPSA) is 334 Å². The highest BCUT2D eigenvalue weighted by atomic mass is 16.7. The number of nitrogens with zero attached hydrogens (tertiary/aromatic N) is 2. The molecule has 23 atom stereocenters. The van der Waals surface area contributed by atoms with Crippen molar-refractivity contribution in [1.82, 2.24) is 30.6 Å². The van der Waals surface area contributed by atoms with E-state index in [4.69, 9.17) is 20.2 Å². The van der Waals surface area contributed by atoms with Crippen LogP contribution in [0, 0.1) is 91.2 Å². The quantitative estimate of drug-likeness (QED) is 0.0683. The van der Waals surface area contributed by atoms with Crippen LogP contribution in [-0.4, -0.2) is 162 Å². The molecule has 1 amide bonds. The minimum atomic E-state index is -1.66. The van der Waals surface area contributed by atoms with E-state index >= 15 is 4.79 Å². The van der Waals surface area contributed by atoms with Crippen molar-refractivity contribution in [1.29, 1.82) is 0 Å². The summed E-state index contributed by atoms with van der Waals surface area (Å²) in [5.41, 5.74) is 3.84. The van der Waals surface area contributed by atoms with Crippen molar-refractivity contribution in [2.75, 3.05) is 45.3 Å². The van der Waals surface area contributed by atoms with Gasteiger partial charge in [0.25, 0.3) is 0 Å². The van der Waals surface area contributed by atoms with Gasteiger partial charge in [0.15, 0.2) is 6.29 Å². The third-order valence-corrected chi connectivity index (χ3v) is 26.1. The average molecular weight is 1150 g/mol. The van der Waals surface area contributed by atoms with E-state index in [-0.39, 0.29) is 73.1 Å². The number of H-pyrrole nitrogens is 2. The molecule has 0 unspecified atom stereocenters. The van der Waals surface area contributed by atoms with Gasteiger partial charge in [-0.2, -0.15) is 0 Å². The number of hydrogen-bond donors (Lipinski definition) is 14. The second-order valence-corrected chi connectivity index (χ2v) is 29.2. The SMILES string of the molecule is CNC[C@H](C[C@@H](c1cnc[nH]1)[C@@H]1NC(=O)C2(CCCC2)[C@@H]1C[C@@H]1[C@@H](O)[C@@H](O[C@@H]2OC[C@@H](O)[C@H](O)[C@H]2O)[C@@](C)(CO)[C@H]2CC[C@]3(C)[C@H](CC=C4[C@@H]5C[C@@](C)(CO)CC[C@]5(C(=O)O)[C@H]5CNc6nc[nH]c6C[C@@H]5[C@]43C)[C@@]12C1CCCC1)[C@@H](N)O. The number of ether oxygens (including phenoxy) is 2. The van der Waals surface area contributed by atoms with E-state index in [1.54, 1.807) is 18.9 Å². The average Bonchev–Trinajstić information content (AvgIpc) is 1.26. The van der Waals surface area contributed by atoms with Crippen LogP contribution >= 0.6 is 0 Å². The summed E-state index contributed by atoms with van der Waals surface area (Å²) < 4.78 is 13.0. The van der Waals surface area contributed by atoms with E-state index < -0.39 is 105 Å². The number of aromatic amines is 2. The lowest BCUT2D eigenvalue weighted by atomic mass is 9.27. The maximum Gasteiger partial charge on any atom is 0.310 e. The van der Waals surface area contributed by atoms with Crippen molar-refractivity contribution in [2.45, 2.75) is 192 Å². The Labute approximate surface area is 482 Å². The molecule has 20 nitrogen and oxygen atoms in total. The van der Waals surface area contributed by atoms with Gasteiger partial charge in [0.2, 0.25) is 5.91 Å². The van der Waals surface area contributed by atoms with Gasteiger partial charge in [-0.05, 0) is 160 Å². The number of rotatable bonds is 15. The first-order valence-corrected chi connectivity index (χ1v) is 31.4. The summed E-state index contributed by atoms with van der Waals surface area (Å²) in [6, 6.07) is -0.482. The van der Waals surface area contributed by atoms with Gasteiger partial charge in [-0.1, -0.05) is 65.0 Å². The second-order valence-electron chi connectivity index (χ2n) is 29.2. The van der Waals surface area contributed by atoms with E-state index in [1.165, 1.54) is 5.57 Å². The van der Waals surface area contributed by atoms with Crippen LogP contribution < -0.4 is 21.7 Å². The molecule has 82 heavy (non-hydrogen) atoms. The molecule has 7 aliphatic carbocycles. The predicted molar refractivity (Wildman–Crippen MR) is 302 cm³/mol. The van der Waals surface area contributed by atoms with Gasteiger partial charge in [-0.25, -0.2) is 9.97 Å². The van der Waals surface area contributed by atoms with Crippen molar-refractivity contribution < 1.29 is 59.9 Å². The predicted octanol–water partition coefficient (Wildman–Crippen LogP) is 3.93. The van der Waals surface area contributed by atoms with Gasteiger partial charge >= 0.3 is 5.97 Å². The molecule has 5 heterocycles. The van der Waals surface area contributed by atoms with E-state index in [0.717, 1.165) is 55.7 Å². The Kier molecular flexibility index (Phi) is 15.4. The highest BCUT2D eigenvalue weighted by Gasteiger charge is 2.79. The van der Waals surface area contributed by atoms with Crippen LogP contribution in [0.2, 0.25) is 0 Å². The minimum Gasteiger partial charge on any atom is -0.481 e. The highest BCUT2D eigenvalue weighted by Crippen LogP contribution is 2.81. The molecule has 0 bridgehead atoms. The molecule has 20 heteroatoms. The van der Waals surface area contributed by atoms with Crippen molar-refractivity contribution in [3.8, 4) is 0 Å². The summed E-state index contributed by atoms with van der Waals surface area (Å²) in [5.74, 6) is -3.01. The van der Waals surface area contributed by atoms with Crippen molar-refractivity contribution in [3.05, 3.63) is 41.9 Å². The molecule has 456 valence electrons. The third-order valence-electron chi connectivity index (χ3n) is 26.1. The summed E-state index contributed by atoms with van der Waals surface area (Å²) >= 11 is 0. The van der Waals surface area contributed by atoms with Gasteiger partial charge in [0, 0.05) is 54.9 Å². The number of imidazole rings is 2. The maximum absolute atomic E-state index is 15.4. The van der Waals surface area contributed by atoms with Crippen molar-refractivity contribution in [3.63, 3.8) is 0 Å². The molecule has 2 aromatic heterocycles. The number of aromatic nitrogens is 4. The van der Waals surface area contributed by atoms with Gasteiger partial charge in [0.05, 0.1) is 54.6 Å². The number of amides is 1. The van der Waals surface area contributed by atoms with Crippen LogP contribution in [0.5, 0.6) is 0 Å². The first-order valence-electron chi connectivity index (χ1n) is 31.4. The molecule has 1 spiro atoms. The molecule has 12 rings (SSSR count). The number of aliphatic carboxylic acids is 1. The maximum atomic E-state index is 15.4. The number of carboxylic acid groups (broad SMARTS) is 1. The lowest BCUT2D eigenvalue weighted by molar-refractivity contribution is -0.350. The lowest BCUT2D eigenvalue weighted by Gasteiger charge is -2.77. The fourth-order valence-electron chi connectivity index (χ4n) is 22.1.